The monoisotopic (exact) mass is 691 g/mol. The highest BCUT2D eigenvalue weighted by Gasteiger charge is 2.47. The number of hydrogen-bond acceptors (Lipinski definition) is 12. The van der Waals surface area contributed by atoms with E-state index in [9.17, 15) is 24.3 Å². The molecule has 1 fully saturated rings. The van der Waals surface area contributed by atoms with Crippen LogP contribution in [0.3, 0.4) is 0 Å². The van der Waals surface area contributed by atoms with Gasteiger partial charge in [0.15, 0.2) is 0 Å². The van der Waals surface area contributed by atoms with Crippen LogP contribution in [0.1, 0.15) is 33.6 Å². The molecule has 4 amide bonds. The summed E-state index contributed by atoms with van der Waals surface area (Å²) in [4.78, 5) is 69.6. The number of imide groups is 2. The number of piperidine rings is 1. The summed E-state index contributed by atoms with van der Waals surface area (Å²) in [6.45, 7) is 0.803. The zero-order valence-electron chi connectivity index (χ0n) is 27.3. The lowest BCUT2D eigenvalue weighted by Crippen LogP contribution is -2.56. The third kappa shape index (κ3) is 6.37. The second-order valence-corrected chi connectivity index (χ2v) is 13.1. The van der Waals surface area contributed by atoms with Crippen LogP contribution in [0.25, 0.3) is 32.0 Å². The molecule has 2 aromatic carbocycles. The van der Waals surface area contributed by atoms with Crippen molar-refractivity contribution in [1.29, 1.82) is 0 Å². The number of carbonyl (C=O) groups is 4. The number of phenols is 1. The number of fused-ring (bicyclic) bond motifs is 2. The van der Waals surface area contributed by atoms with Crippen LogP contribution in [-0.2, 0) is 14.3 Å². The number of anilines is 2. The van der Waals surface area contributed by atoms with Crippen molar-refractivity contribution in [3.63, 3.8) is 0 Å². The number of rotatable bonds is 11. The molecule has 2 aliphatic heterocycles. The second kappa shape index (κ2) is 13.6. The maximum atomic E-state index is 13.2. The predicted molar refractivity (Wildman–Crippen MR) is 188 cm³/mol. The Morgan fingerprint density at radius 2 is 1.72 bits per heavy atom. The first-order valence-corrected chi connectivity index (χ1v) is 16.9. The summed E-state index contributed by atoms with van der Waals surface area (Å²) in [6.07, 6.45) is 3.63. The van der Waals surface area contributed by atoms with Gasteiger partial charge in [0, 0.05) is 56.3 Å². The highest BCUT2D eigenvalue weighted by Crippen LogP contribution is 2.33. The van der Waals surface area contributed by atoms with Gasteiger partial charge in [0.25, 0.3) is 17.7 Å². The summed E-state index contributed by atoms with van der Waals surface area (Å²) >= 11 is 1.64. The van der Waals surface area contributed by atoms with E-state index in [4.69, 9.17) is 9.72 Å². The van der Waals surface area contributed by atoms with Crippen molar-refractivity contribution in [2.24, 2.45) is 0 Å². The van der Waals surface area contributed by atoms with Gasteiger partial charge in [-0.1, -0.05) is 0 Å². The smallest absolute Gasteiger partial charge is 0.262 e. The van der Waals surface area contributed by atoms with E-state index in [0.29, 0.717) is 12.4 Å². The third-order valence-corrected chi connectivity index (χ3v) is 9.73. The van der Waals surface area contributed by atoms with Crippen LogP contribution in [-0.4, -0.2) is 99.9 Å². The van der Waals surface area contributed by atoms with Gasteiger partial charge < -0.3 is 20.1 Å². The molecule has 0 radical (unpaired) electrons. The molecule has 14 heteroatoms. The maximum Gasteiger partial charge on any atom is 0.262 e. The third-order valence-electron chi connectivity index (χ3n) is 8.67. The molecule has 0 bridgehead atoms. The summed E-state index contributed by atoms with van der Waals surface area (Å²) in [5.74, 6) is -1.78. The van der Waals surface area contributed by atoms with Gasteiger partial charge in [-0.15, -0.1) is 11.3 Å². The fourth-order valence-electron chi connectivity index (χ4n) is 5.99. The quantitative estimate of drug-likeness (QED) is 0.149. The maximum absolute atomic E-state index is 13.2. The standard InChI is InChI=1S/C36H33N7O6S/c1-41(2)23-5-9-28-30(17-23)50-33(40-28)22-3-8-27(38-20-22)21-4-11-31(39-19-21)37-13-15-49-16-14-42-32(45)12-10-29(36(42)48)43-34(46)25-7-6-24(44)18-26(25)35(43)47/h3-9,11,17-20,29,44H,10,12-16H2,1-2H3,(H,37,39). The zero-order chi connectivity index (χ0) is 34.9. The molecular weight excluding hydrogens is 659 g/mol. The Labute approximate surface area is 291 Å². The molecule has 0 saturated carbocycles. The van der Waals surface area contributed by atoms with Gasteiger partial charge in [-0.05, 0) is 67.1 Å². The van der Waals surface area contributed by atoms with Crippen molar-refractivity contribution >= 4 is 56.7 Å². The Bertz CT molecular complexity index is 2120. The first-order valence-electron chi connectivity index (χ1n) is 16.1. The molecular formula is C36H33N7O6S. The fourth-order valence-corrected chi connectivity index (χ4v) is 6.98. The SMILES string of the molecule is CN(C)c1ccc2nc(-c3ccc(-c4ccc(NCCOCCN5C(=O)CCC(N6C(=O)c7ccc(O)cc7C6=O)C5=O)nc4)nc3)sc2c1. The molecule has 0 spiro atoms. The van der Waals surface area contributed by atoms with E-state index < -0.39 is 23.8 Å². The van der Waals surface area contributed by atoms with Crippen molar-refractivity contribution in [3.8, 4) is 27.6 Å². The molecule has 50 heavy (non-hydrogen) atoms. The number of aromatic hydroxyl groups is 1. The molecule has 2 N–H and O–H groups in total. The minimum Gasteiger partial charge on any atom is -0.508 e. The van der Waals surface area contributed by atoms with Crippen molar-refractivity contribution in [1.82, 2.24) is 24.8 Å². The molecule has 1 atom stereocenters. The fraction of sp³-hybridized carbons (Fsp3) is 0.250. The molecule has 7 rings (SSSR count). The normalized spacial score (nSPS) is 16.0. The number of ether oxygens (including phenoxy) is 1. The number of pyridine rings is 2. The van der Waals surface area contributed by atoms with Gasteiger partial charge in [0.1, 0.15) is 22.6 Å². The summed E-state index contributed by atoms with van der Waals surface area (Å²) in [6, 6.07) is 16.8. The minimum atomic E-state index is -1.10. The average Bonchev–Trinajstić information content (AvgIpc) is 3.65. The lowest BCUT2D eigenvalue weighted by molar-refractivity contribution is -0.152. The van der Waals surface area contributed by atoms with E-state index in [1.165, 1.54) is 18.2 Å². The first-order chi connectivity index (χ1) is 24.2. The van der Waals surface area contributed by atoms with Crippen molar-refractivity contribution in [3.05, 3.63) is 84.2 Å². The van der Waals surface area contributed by atoms with Crippen LogP contribution in [0, 0.1) is 0 Å². The molecule has 2 aliphatic rings. The minimum absolute atomic E-state index is 0.00673. The van der Waals surface area contributed by atoms with Gasteiger partial charge in [0.05, 0.1) is 46.8 Å². The molecule has 3 aromatic heterocycles. The molecule has 0 aliphatic carbocycles. The van der Waals surface area contributed by atoms with Crippen LogP contribution in [0.4, 0.5) is 11.5 Å². The largest absolute Gasteiger partial charge is 0.508 e. The Hall–Kier alpha value is -5.73. The van der Waals surface area contributed by atoms with Crippen LogP contribution >= 0.6 is 11.3 Å². The first kappa shape index (κ1) is 32.8. The van der Waals surface area contributed by atoms with E-state index >= 15 is 0 Å². The van der Waals surface area contributed by atoms with Gasteiger partial charge in [-0.3, -0.25) is 34.0 Å². The van der Waals surface area contributed by atoms with E-state index in [1.54, 1.807) is 17.5 Å². The van der Waals surface area contributed by atoms with Crippen molar-refractivity contribution in [2.75, 3.05) is 50.6 Å². The van der Waals surface area contributed by atoms with Crippen LogP contribution < -0.4 is 10.2 Å². The number of thiazole rings is 1. The second-order valence-electron chi connectivity index (χ2n) is 12.1. The number of nitrogens with zero attached hydrogens (tertiary/aromatic N) is 6. The average molecular weight is 692 g/mol. The Kier molecular flexibility index (Phi) is 8.95. The number of aromatic nitrogens is 3. The predicted octanol–water partition coefficient (Wildman–Crippen LogP) is 4.43. The van der Waals surface area contributed by atoms with Crippen molar-refractivity contribution in [2.45, 2.75) is 18.9 Å². The number of benzene rings is 2. The molecule has 1 saturated heterocycles. The molecule has 1 unspecified atom stereocenters. The van der Waals surface area contributed by atoms with Crippen LogP contribution in [0.15, 0.2) is 73.1 Å². The Morgan fingerprint density at radius 3 is 2.48 bits per heavy atom. The van der Waals surface area contributed by atoms with E-state index in [-0.39, 0.29) is 55.4 Å². The molecule has 5 aromatic rings. The number of likely N-dealkylation sites (tertiary alicyclic amines) is 1. The number of nitrogens with one attached hydrogen (secondary N) is 1. The highest BCUT2D eigenvalue weighted by molar-refractivity contribution is 7.21. The topological polar surface area (TPSA) is 158 Å². The van der Waals surface area contributed by atoms with E-state index in [0.717, 1.165) is 47.5 Å². The number of amides is 4. The van der Waals surface area contributed by atoms with Gasteiger partial charge in [-0.2, -0.15) is 0 Å². The van der Waals surface area contributed by atoms with Gasteiger partial charge in [0.2, 0.25) is 5.91 Å². The number of hydrogen-bond donors (Lipinski definition) is 2. The lowest BCUT2D eigenvalue weighted by atomic mass is 10.0. The summed E-state index contributed by atoms with van der Waals surface area (Å²) in [7, 11) is 4.04. The van der Waals surface area contributed by atoms with Crippen LogP contribution in [0.2, 0.25) is 0 Å². The molecule has 13 nitrogen and oxygen atoms in total. The van der Waals surface area contributed by atoms with E-state index in [2.05, 4.69) is 32.3 Å². The lowest BCUT2D eigenvalue weighted by Gasteiger charge is -2.34. The van der Waals surface area contributed by atoms with Gasteiger partial charge >= 0.3 is 0 Å². The Morgan fingerprint density at radius 1 is 0.920 bits per heavy atom. The number of carbonyl (C=O) groups excluding carboxylic acids is 4. The molecule has 254 valence electrons. The zero-order valence-corrected chi connectivity index (χ0v) is 28.1. The number of phenolic OH excluding ortho intramolecular Hbond substituents is 1. The van der Waals surface area contributed by atoms with E-state index in [1.807, 2.05) is 50.6 Å². The van der Waals surface area contributed by atoms with Crippen LogP contribution in [0.5, 0.6) is 5.75 Å². The Balaban J connectivity index is 0.874. The van der Waals surface area contributed by atoms with Crippen molar-refractivity contribution < 1.29 is 29.0 Å². The van der Waals surface area contributed by atoms with Gasteiger partial charge in [-0.25, -0.2) is 9.97 Å². The summed E-state index contributed by atoms with van der Waals surface area (Å²) in [5.41, 5.74) is 4.86. The highest BCUT2D eigenvalue weighted by atomic mass is 32.1. The summed E-state index contributed by atoms with van der Waals surface area (Å²) < 4.78 is 6.79. The molecule has 5 heterocycles. The summed E-state index contributed by atoms with van der Waals surface area (Å²) in [5, 5.41) is 13.8.